The molecule has 94 valence electrons. The molecule has 0 aliphatic rings. The van der Waals surface area contributed by atoms with Crippen LogP contribution in [0.5, 0.6) is 5.75 Å². The summed E-state index contributed by atoms with van der Waals surface area (Å²) in [5.74, 6) is 1.17. The summed E-state index contributed by atoms with van der Waals surface area (Å²) in [5, 5.41) is 3.03. The van der Waals surface area contributed by atoms with Crippen LogP contribution in [-0.2, 0) is 0 Å². The molecule has 0 saturated carbocycles. The lowest BCUT2D eigenvalue weighted by Crippen LogP contribution is -2.22. The third kappa shape index (κ3) is 3.56. The van der Waals surface area contributed by atoms with Gasteiger partial charge in [-0.25, -0.2) is 0 Å². The molecule has 0 aromatic heterocycles. The van der Waals surface area contributed by atoms with Crippen LogP contribution in [0, 0.1) is 0 Å². The zero-order chi connectivity index (χ0) is 12.8. The Morgan fingerprint density at radius 3 is 2.65 bits per heavy atom. The summed E-state index contributed by atoms with van der Waals surface area (Å²) in [7, 11) is 1.60. The van der Waals surface area contributed by atoms with Crippen LogP contribution < -0.4 is 10.1 Å². The minimum atomic E-state index is 0.0685. The molecule has 0 aliphatic heterocycles. The van der Waals surface area contributed by atoms with E-state index in [4.69, 9.17) is 4.74 Å². The lowest BCUT2D eigenvalue weighted by molar-refractivity contribution is 0.0989. The van der Waals surface area contributed by atoms with Gasteiger partial charge >= 0.3 is 0 Å². The van der Waals surface area contributed by atoms with Crippen LogP contribution >= 0.6 is 0 Å². The van der Waals surface area contributed by atoms with Gasteiger partial charge in [-0.1, -0.05) is 26.8 Å². The Morgan fingerprint density at radius 2 is 2.12 bits per heavy atom. The average Bonchev–Trinajstić information content (AvgIpc) is 2.34. The number of carbonyl (C=O) groups excluding carboxylic acids is 1. The van der Waals surface area contributed by atoms with E-state index in [1.54, 1.807) is 7.11 Å². The first kappa shape index (κ1) is 13.7. The van der Waals surface area contributed by atoms with Gasteiger partial charge in [-0.15, -0.1) is 0 Å². The normalized spacial score (nSPS) is 10.6. The molecule has 0 bridgehead atoms. The second kappa shape index (κ2) is 6.40. The molecule has 3 heteroatoms. The van der Waals surface area contributed by atoms with E-state index in [-0.39, 0.29) is 5.78 Å². The van der Waals surface area contributed by atoms with Gasteiger partial charge < -0.3 is 10.1 Å². The van der Waals surface area contributed by atoms with Crippen molar-refractivity contribution in [2.75, 3.05) is 20.2 Å². The molecule has 0 heterocycles. The first-order chi connectivity index (χ1) is 8.10. The molecule has 1 aromatic rings. The number of methoxy groups -OCH3 is 1. The maximum atomic E-state index is 11.9. The van der Waals surface area contributed by atoms with Gasteiger partial charge in [0.05, 0.1) is 19.2 Å². The Balaban J connectivity index is 2.96. The minimum Gasteiger partial charge on any atom is -0.496 e. The summed E-state index contributed by atoms with van der Waals surface area (Å²) in [4.78, 5) is 11.9. The topological polar surface area (TPSA) is 38.3 Å². The maximum absolute atomic E-state index is 11.9. The summed E-state index contributed by atoms with van der Waals surface area (Å²) >= 11 is 0. The second-order valence-electron chi connectivity index (χ2n) is 4.32. The van der Waals surface area contributed by atoms with Crippen molar-refractivity contribution in [1.82, 2.24) is 5.32 Å². The summed E-state index contributed by atoms with van der Waals surface area (Å²) in [6.45, 7) is 7.36. The third-order valence-corrected chi connectivity index (χ3v) is 2.73. The molecule has 0 atom stereocenters. The number of hydrogen-bond acceptors (Lipinski definition) is 3. The number of carbonyl (C=O) groups is 1. The molecule has 0 saturated heterocycles. The van der Waals surface area contributed by atoms with Crippen LogP contribution in [-0.4, -0.2) is 26.0 Å². The van der Waals surface area contributed by atoms with Crippen molar-refractivity contribution in [3.63, 3.8) is 0 Å². The highest BCUT2D eigenvalue weighted by molar-refractivity contribution is 6.00. The molecule has 0 aliphatic carbocycles. The van der Waals surface area contributed by atoms with Crippen molar-refractivity contribution in [3.8, 4) is 5.75 Å². The monoisotopic (exact) mass is 235 g/mol. The molecule has 17 heavy (non-hydrogen) atoms. The molecule has 0 fully saturated rings. The second-order valence-corrected chi connectivity index (χ2v) is 4.32. The fraction of sp³-hybridized carbons (Fsp3) is 0.500. The predicted octanol–water partition coefficient (Wildman–Crippen LogP) is 2.61. The maximum Gasteiger partial charge on any atom is 0.180 e. The van der Waals surface area contributed by atoms with E-state index in [0.717, 1.165) is 6.54 Å². The number of ketones is 1. The van der Waals surface area contributed by atoms with Crippen molar-refractivity contribution >= 4 is 5.78 Å². The highest BCUT2D eigenvalue weighted by atomic mass is 16.5. The minimum absolute atomic E-state index is 0.0685. The first-order valence-electron chi connectivity index (χ1n) is 6.02. The number of likely N-dealkylation sites (N-methyl/N-ethyl adjacent to an activating group) is 1. The SMILES string of the molecule is CCNCC(=O)c1ccc(C(C)C)cc1OC. The lowest BCUT2D eigenvalue weighted by Gasteiger charge is -2.12. The molecule has 1 N–H and O–H groups in total. The molecular weight excluding hydrogens is 214 g/mol. The van der Waals surface area contributed by atoms with Gasteiger partial charge in [-0.3, -0.25) is 4.79 Å². The fourth-order valence-electron chi connectivity index (χ4n) is 1.63. The molecule has 1 aromatic carbocycles. The number of hydrogen-bond donors (Lipinski definition) is 1. The Kier molecular flexibility index (Phi) is 5.16. The van der Waals surface area contributed by atoms with Crippen molar-refractivity contribution in [2.45, 2.75) is 26.7 Å². The van der Waals surface area contributed by atoms with Gasteiger partial charge in [0.2, 0.25) is 0 Å². The highest BCUT2D eigenvalue weighted by Crippen LogP contribution is 2.24. The van der Waals surface area contributed by atoms with Crippen molar-refractivity contribution in [3.05, 3.63) is 29.3 Å². The largest absolute Gasteiger partial charge is 0.496 e. The summed E-state index contributed by atoms with van der Waals surface area (Å²) in [6.07, 6.45) is 0. The Hall–Kier alpha value is -1.35. The van der Waals surface area contributed by atoms with Crippen molar-refractivity contribution in [1.29, 1.82) is 0 Å². The van der Waals surface area contributed by atoms with E-state index in [2.05, 4.69) is 19.2 Å². The highest BCUT2D eigenvalue weighted by Gasteiger charge is 2.13. The van der Waals surface area contributed by atoms with E-state index < -0.39 is 0 Å². The van der Waals surface area contributed by atoms with Crippen LogP contribution in [0.1, 0.15) is 42.6 Å². The predicted molar refractivity (Wildman–Crippen MR) is 70.0 cm³/mol. The quantitative estimate of drug-likeness (QED) is 0.770. The number of Topliss-reactive ketones (excluding diaryl/α,β-unsaturated/α-hetero) is 1. The van der Waals surface area contributed by atoms with Crippen LogP contribution in [0.3, 0.4) is 0 Å². The Labute approximate surface area is 103 Å². The summed E-state index contributed by atoms with van der Waals surface area (Å²) in [6, 6.07) is 5.80. The Bertz CT molecular complexity index is 386. The van der Waals surface area contributed by atoms with E-state index in [9.17, 15) is 4.79 Å². The number of rotatable bonds is 6. The summed E-state index contributed by atoms with van der Waals surface area (Å²) < 4.78 is 5.29. The van der Waals surface area contributed by atoms with Crippen LogP contribution in [0.4, 0.5) is 0 Å². The van der Waals surface area contributed by atoms with Crippen LogP contribution in [0.2, 0.25) is 0 Å². The van der Waals surface area contributed by atoms with Crippen molar-refractivity contribution < 1.29 is 9.53 Å². The smallest absolute Gasteiger partial charge is 0.180 e. The lowest BCUT2D eigenvalue weighted by atomic mass is 9.99. The standard InChI is InChI=1S/C14H21NO2/c1-5-15-9-13(16)12-7-6-11(10(2)3)8-14(12)17-4/h6-8,10,15H,5,9H2,1-4H3. The van der Waals surface area contributed by atoms with Crippen LogP contribution in [0.15, 0.2) is 18.2 Å². The summed E-state index contributed by atoms with van der Waals surface area (Å²) in [5.41, 5.74) is 1.83. The number of benzene rings is 1. The van der Waals surface area contributed by atoms with Gasteiger partial charge in [0.1, 0.15) is 5.75 Å². The van der Waals surface area contributed by atoms with Gasteiger partial charge in [-0.2, -0.15) is 0 Å². The van der Waals surface area contributed by atoms with Crippen LogP contribution in [0.25, 0.3) is 0 Å². The van der Waals surface area contributed by atoms with Gasteiger partial charge in [0.15, 0.2) is 5.78 Å². The van der Waals surface area contributed by atoms with Gasteiger partial charge in [-0.05, 0) is 30.2 Å². The molecule has 1 rings (SSSR count). The van der Waals surface area contributed by atoms with E-state index in [1.165, 1.54) is 5.56 Å². The number of nitrogens with one attached hydrogen (secondary N) is 1. The van der Waals surface area contributed by atoms with Gasteiger partial charge in [0.25, 0.3) is 0 Å². The zero-order valence-electron chi connectivity index (χ0n) is 11.0. The molecule has 0 unspecified atom stereocenters. The number of ether oxygens (including phenoxy) is 1. The van der Waals surface area contributed by atoms with Crippen molar-refractivity contribution in [2.24, 2.45) is 0 Å². The Morgan fingerprint density at radius 1 is 1.41 bits per heavy atom. The zero-order valence-corrected chi connectivity index (χ0v) is 11.0. The third-order valence-electron chi connectivity index (χ3n) is 2.73. The fourth-order valence-corrected chi connectivity index (χ4v) is 1.63. The molecule has 0 spiro atoms. The first-order valence-corrected chi connectivity index (χ1v) is 6.02. The molecule has 0 amide bonds. The van der Waals surface area contributed by atoms with E-state index >= 15 is 0 Å². The average molecular weight is 235 g/mol. The molecule has 3 nitrogen and oxygen atoms in total. The van der Waals surface area contributed by atoms with E-state index in [0.29, 0.717) is 23.8 Å². The molecular formula is C14H21NO2. The molecule has 0 radical (unpaired) electrons. The van der Waals surface area contributed by atoms with Gasteiger partial charge in [0, 0.05) is 0 Å². The van der Waals surface area contributed by atoms with E-state index in [1.807, 2.05) is 25.1 Å².